The van der Waals surface area contributed by atoms with Crippen LogP contribution in [0, 0.1) is 13.8 Å². The summed E-state index contributed by atoms with van der Waals surface area (Å²) >= 11 is 0. The van der Waals surface area contributed by atoms with E-state index < -0.39 is 0 Å². The standard InChI is InChI=1S/C22H29N3O/c1-17-7-9-21(10-8-17)23-22(26)19(3)25-13-11-24(12-14-25)16-20-6-4-5-18(2)15-20/h4-10,15,19H,11-14,16H2,1-3H3,(H,23,26)/t19-/m0/s1. The van der Waals surface area contributed by atoms with Crippen molar-refractivity contribution in [3.63, 3.8) is 0 Å². The largest absolute Gasteiger partial charge is 0.325 e. The van der Waals surface area contributed by atoms with Gasteiger partial charge in [-0.2, -0.15) is 0 Å². The van der Waals surface area contributed by atoms with Crippen LogP contribution >= 0.6 is 0 Å². The summed E-state index contributed by atoms with van der Waals surface area (Å²) in [6.45, 7) is 11.0. The molecule has 0 unspecified atom stereocenters. The van der Waals surface area contributed by atoms with Crippen molar-refractivity contribution >= 4 is 11.6 Å². The Morgan fingerprint density at radius 2 is 1.69 bits per heavy atom. The first-order valence-electron chi connectivity index (χ1n) is 9.41. The number of carbonyl (C=O) groups excluding carboxylic acids is 1. The summed E-state index contributed by atoms with van der Waals surface area (Å²) in [5.74, 6) is 0.0704. The maximum absolute atomic E-state index is 12.5. The fraction of sp³-hybridized carbons (Fsp3) is 0.409. The minimum atomic E-state index is -0.113. The zero-order chi connectivity index (χ0) is 18.5. The van der Waals surface area contributed by atoms with Gasteiger partial charge in [0.05, 0.1) is 6.04 Å². The highest BCUT2D eigenvalue weighted by Crippen LogP contribution is 2.14. The van der Waals surface area contributed by atoms with Gasteiger partial charge in [-0.15, -0.1) is 0 Å². The number of anilines is 1. The van der Waals surface area contributed by atoms with Gasteiger partial charge < -0.3 is 5.32 Å². The van der Waals surface area contributed by atoms with Crippen LogP contribution in [0.25, 0.3) is 0 Å². The van der Waals surface area contributed by atoms with Crippen molar-refractivity contribution < 1.29 is 4.79 Å². The Hall–Kier alpha value is -2.17. The van der Waals surface area contributed by atoms with Gasteiger partial charge in [0.1, 0.15) is 0 Å². The maximum atomic E-state index is 12.5. The molecule has 0 aromatic heterocycles. The lowest BCUT2D eigenvalue weighted by Gasteiger charge is -2.37. The molecular formula is C22H29N3O. The molecule has 1 atom stereocenters. The highest BCUT2D eigenvalue weighted by molar-refractivity contribution is 5.94. The van der Waals surface area contributed by atoms with Crippen molar-refractivity contribution in [2.75, 3.05) is 31.5 Å². The summed E-state index contributed by atoms with van der Waals surface area (Å²) in [5, 5.41) is 3.03. The summed E-state index contributed by atoms with van der Waals surface area (Å²) in [7, 11) is 0. The van der Waals surface area contributed by atoms with Crippen LogP contribution in [-0.2, 0) is 11.3 Å². The van der Waals surface area contributed by atoms with E-state index in [-0.39, 0.29) is 11.9 Å². The van der Waals surface area contributed by atoms with Gasteiger partial charge in [-0.1, -0.05) is 47.5 Å². The molecule has 0 radical (unpaired) electrons. The Labute approximate surface area is 156 Å². The van der Waals surface area contributed by atoms with E-state index in [1.807, 2.05) is 38.1 Å². The van der Waals surface area contributed by atoms with Gasteiger partial charge in [0.25, 0.3) is 0 Å². The van der Waals surface area contributed by atoms with E-state index >= 15 is 0 Å². The molecule has 1 aliphatic heterocycles. The number of rotatable bonds is 5. The molecule has 1 aliphatic rings. The topological polar surface area (TPSA) is 35.6 Å². The molecule has 26 heavy (non-hydrogen) atoms. The third-order valence-corrected chi connectivity index (χ3v) is 5.14. The highest BCUT2D eigenvalue weighted by atomic mass is 16.2. The van der Waals surface area contributed by atoms with E-state index in [0.29, 0.717) is 0 Å². The lowest BCUT2D eigenvalue weighted by Crippen LogP contribution is -2.52. The van der Waals surface area contributed by atoms with Gasteiger partial charge in [-0.25, -0.2) is 0 Å². The van der Waals surface area contributed by atoms with Crippen molar-refractivity contribution in [2.45, 2.75) is 33.4 Å². The number of piperazine rings is 1. The van der Waals surface area contributed by atoms with Crippen LogP contribution in [0.5, 0.6) is 0 Å². The SMILES string of the molecule is Cc1ccc(NC(=O)[C@H](C)N2CCN(Cc3cccc(C)c3)CC2)cc1. The van der Waals surface area contributed by atoms with Gasteiger partial charge in [0.2, 0.25) is 5.91 Å². The van der Waals surface area contributed by atoms with Crippen LogP contribution in [0.2, 0.25) is 0 Å². The molecule has 1 heterocycles. The second-order valence-electron chi connectivity index (χ2n) is 7.33. The zero-order valence-corrected chi connectivity index (χ0v) is 16.0. The number of benzene rings is 2. The molecule has 0 aliphatic carbocycles. The minimum absolute atomic E-state index is 0.0704. The second-order valence-corrected chi connectivity index (χ2v) is 7.33. The molecule has 1 N–H and O–H groups in total. The molecule has 4 nitrogen and oxygen atoms in total. The van der Waals surface area contributed by atoms with Crippen molar-refractivity contribution in [3.8, 4) is 0 Å². The number of amides is 1. The summed E-state index contributed by atoms with van der Waals surface area (Å²) in [4.78, 5) is 17.3. The molecule has 1 fully saturated rings. The predicted octanol–water partition coefficient (Wildman–Crippen LogP) is 3.45. The van der Waals surface area contributed by atoms with Crippen molar-refractivity contribution in [1.29, 1.82) is 0 Å². The van der Waals surface area contributed by atoms with E-state index in [9.17, 15) is 4.79 Å². The van der Waals surface area contributed by atoms with Gasteiger partial charge in [0.15, 0.2) is 0 Å². The third kappa shape index (κ3) is 4.93. The Bertz CT molecular complexity index is 733. The van der Waals surface area contributed by atoms with Crippen molar-refractivity contribution in [2.24, 2.45) is 0 Å². The lowest BCUT2D eigenvalue weighted by atomic mass is 10.1. The average molecular weight is 351 g/mol. The first-order chi connectivity index (χ1) is 12.5. The first-order valence-corrected chi connectivity index (χ1v) is 9.41. The normalized spacial score (nSPS) is 17.0. The average Bonchev–Trinajstić information content (AvgIpc) is 2.64. The summed E-state index contributed by atoms with van der Waals surface area (Å²) in [6, 6.07) is 16.5. The predicted molar refractivity (Wildman–Crippen MR) is 107 cm³/mol. The number of aryl methyl sites for hydroxylation is 2. The number of nitrogens with zero attached hydrogens (tertiary/aromatic N) is 2. The molecular weight excluding hydrogens is 322 g/mol. The van der Waals surface area contributed by atoms with Crippen LogP contribution in [0.3, 0.4) is 0 Å². The summed E-state index contributed by atoms with van der Waals surface area (Å²) in [5.41, 5.74) is 4.73. The molecule has 0 bridgehead atoms. The fourth-order valence-corrected chi connectivity index (χ4v) is 3.43. The quantitative estimate of drug-likeness (QED) is 0.896. The van der Waals surface area contributed by atoms with E-state index in [1.165, 1.54) is 16.7 Å². The van der Waals surface area contributed by atoms with E-state index in [0.717, 1.165) is 38.4 Å². The van der Waals surface area contributed by atoms with Crippen LogP contribution < -0.4 is 5.32 Å². The van der Waals surface area contributed by atoms with Gasteiger partial charge >= 0.3 is 0 Å². The van der Waals surface area contributed by atoms with Crippen molar-refractivity contribution in [3.05, 3.63) is 65.2 Å². The number of carbonyl (C=O) groups is 1. The fourth-order valence-electron chi connectivity index (χ4n) is 3.43. The Morgan fingerprint density at radius 1 is 1.00 bits per heavy atom. The number of nitrogens with one attached hydrogen (secondary N) is 1. The third-order valence-electron chi connectivity index (χ3n) is 5.14. The minimum Gasteiger partial charge on any atom is -0.325 e. The van der Waals surface area contributed by atoms with E-state index in [2.05, 4.69) is 46.3 Å². The number of hydrogen-bond acceptors (Lipinski definition) is 3. The molecule has 1 amide bonds. The Kier molecular flexibility index (Phi) is 6.07. The maximum Gasteiger partial charge on any atom is 0.241 e. The molecule has 2 aromatic rings. The van der Waals surface area contributed by atoms with Gasteiger partial charge in [-0.3, -0.25) is 14.6 Å². The molecule has 3 rings (SSSR count). The first kappa shape index (κ1) is 18.6. The van der Waals surface area contributed by atoms with Gasteiger partial charge in [0, 0.05) is 38.4 Å². The van der Waals surface area contributed by atoms with Crippen LogP contribution in [-0.4, -0.2) is 47.9 Å². The van der Waals surface area contributed by atoms with Gasteiger partial charge in [-0.05, 0) is 38.5 Å². The molecule has 0 saturated carbocycles. The number of hydrogen-bond donors (Lipinski definition) is 1. The second kappa shape index (κ2) is 8.47. The molecule has 4 heteroatoms. The summed E-state index contributed by atoms with van der Waals surface area (Å²) < 4.78 is 0. The Morgan fingerprint density at radius 3 is 2.35 bits per heavy atom. The van der Waals surface area contributed by atoms with E-state index in [4.69, 9.17) is 0 Å². The smallest absolute Gasteiger partial charge is 0.241 e. The van der Waals surface area contributed by atoms with Crippen molar-refractivity contribution in [1.82, 2.24) is 9.80 Å². The lowest BCUT2D eigenvalue weighted by molar-refractivity contribution is -0.121. The molecule has 2 aromatic carbocycles. The molecule has 1 saturated heterocycles. The Balaban J connectivity index is 1.49. The van der Waals surface area contributed by atoms with Crippen LogP contribution in [0.4, 0.5) is 5.69 Å². The zero-order valence-electron chi connectivity index (χ0n) is 16.0. The molecule has 138 valence electrons. The van der Waals surface area contributed by atoms with E-state index in [1.54, 1.807) is 0 Å². The van der Waals surface area contributed by atoms with Crippen LogP contribution in [0.15, 0.2) is 48.5 Å². The monoisotopic (exact) mass is 351 g/mol. The molecule has 0 spiro atoms. The summed E-state index contributed by atoms with van der Waals surface area (Å²) in [6.07, 6.45) is 0. The highest BCUT2D eigenvalue weighted by Gasteiger charge is 2.25. The van der Waals surface area contributed by atoms with Crippen LogP contribution in [0.1, 0.15) is 23.6 Å².